The number of thiazole rings is 1. The van der Waals surface area contributed by atoms with Crippen LogP contribution in [0.15, 0.2) is 5.51 Å². The minimum Gasteiger partial charge on any atom is -0.444 e. The summed E-state index contributed by atoms with van der Waals surface area (Å²) in [5, 5.41) is 3.49. The third kappa shape index (κ3) is 2.47. The third-order valence-corrected chi connectivity index (χ3v) is 4.37. The van der Waals surface area contributed by atoms with Crippen molar-refractivity contribution in [3.8, 4) is 0 Å². The summed E-state index contributed by atoms with van der Waals surface area (Å²) < 4.78 is 5.44. The summed E-state index contributed by atoms with van der Waals surface area (Å²) in [5.41, 5.74) is 2.62. The van der Waals surface area contributed by atoms with Crippen LogP contribution in [0, 0.1) is 0 Å². The molecular weight excluding hydrogens is 262 g/mol. The first-order chi connectivity index (χ1) is 8.94. The molecule has 0 spiro atoms. The van der Waals surface area contributed by atoms with E-state index in [0.717, 1.165) is 6.54 Å². The van der Waals surface area contributed by atoms with Crippen LogP contribution in [-0.4, -0.2) is 40.7 Å². The van der Waals surface area contributed by atoms with Crippen molar-refractivity contribution in [2.45, 2.75) is 44.9 Å². The van der Waals surface area contributed by atoms with E-state index in [4.69, 9.17) is 4.74 Å². The van der Waals surface area contributed by atoms with Gasteiger partial charge in [0, 0.05) is 36.5 Å². The molecule has 2 unspecified atom stereocenters. The molecule has 2 aliphatic rings. The lowest BCUT2D eigenvalue weighted by molar-refractivity contribution is 0.0289. The molecular formula is C13H19N3O2S. The number of carbonyl (C=O) groups is 1. The molecule has 5 nitrogen and oxygen atoms in total. The average Bonchev–Trinajstić information content (AvgIpc) is 2.92. The number of aromatic nitrogens is 1. The highest BCUT2D eigenvalue weighted by atomic mass is 32.1. The molecule has 0 aliphatic carbocycles. The molecule has 0 aromatic carbocycles. The molecule has 6 heteroatoms. The largest absolute Gasteiger partial charge is 0.444 e. The standard InChI is InChI=1S/C13H19N3O2S/c1-13(2,3)18-12(17)16-5-8-9(6-16)14-4-10-11(8)15-7-19-10/h7-9,14H,4-6H2,1-3H3. The molecule has 1 fully saturated rings. The van der Waals surface area contributed by atoms with Crippen molar-refractivity contribution < 1.29 is 9.53 Å². The zero-order chi connectivity index (χ0) is 13.6. The number of nitrogens with one attached hydrogen (secondary N) is 1. The molecule has 0 bridgehead atoms. The van der Waals surface area contributed by atoms with Crippen molar-refractivity contribution in [2.75, 3.05) is 13.1 Å². The Morgan fingerprint density at radius 1 is 1.53 bits per heavy atom. The molecule has 0 saturated carbocycles. The zero-order valence-corrected chi connectivity index (χ0v) is 12.3. The molecule has 104 valence electrons. The Bertz CT molecular complexity index is 494. The van der Waals surface area contributed by atoms with Crippen LogP contribution in [0.3, 0.4) is 0 Å². The second-order valence-electron chi connectivity index (χ2n) is 6.14. The average molecular weight is 281 g/mol. The van der Waals surface area contributed by atoms with Crippen LogP contribution in [0.4, 0.5) is 4.79 Å². The Balaban J connectivity index is 1.72. The van der Waals surface area contributed by atoms with Gasteiger partial charge in [0.05, 0.1) is 11.2 Å². The van der Waals surface area contributed by atoms with Crippen molar-refractivity contribution in [3.63, 3.8) is 0 Å². The lowest BCUT2D eigenvalue weighted by Crippen LogP contribution is -2.40. The summed E-state index contributed by atoms with van der Waals surface area (Å²) in [6, 6.07) is 0.308. The molecule has 2 aliphatic heterocycles. The first kappa shape index (κ1) is 12.9. The topological polar surface area (TPSA) is 54.5 Å². The van der Waals surface area contributed by atoms with Crippen molar-refractivity contribution in [1.29, 1.82) is 0 Å². The van der Waals surface area contributed by atoms with Crippen molar-refractivity contribution in [3.05, 3.63) is 16.1 Å². The predicted molar refractivity (Wildman–Crippen MR) is 73.3 cm³/mol. The minimum atomic E-state index is -0.440. The Morgan fingerprint density at radius 2 is 2.32 bits per heavy atom. The summed E-state index contributed by atoms with van der Waals surface area (Å²) in [4.78, 5) is 19.7. The van der Waals surface area contributed by atoms with E-state index in [2.05, 4.69) is 10.3 Å². The van der Waals surface area contributed by atoms with Gasteiger partial charge in [0.25, 0.3) is 0 Å². The van der Waals surface area contributed by atoms with E-state index >= 15 is 0 Å². The molecule has 1 amide bonds. The predicted octanol–water partition coefficient (Wildman–Crippen LogP) is 1.95. The lowest BCUT2D eigenvalue weighted by atomic mass is 9.95. The maximum absolute atomic E-state index is 12.1. The highest BCUT2D eigenvalue weighted by Crippen LogP contribution is 2.34. The van der Waals surface area contributed by atoms with E-state index in [1.165, 1.54) is 10.6 Å². The van der Waals surface area contributed by atoms with Crippen LogP contribution in [0.1, 0.15) is 37.3 Å². The van der Waals surface area contributed by atoms with Gasteiger partial charge in [0.2, 0.25) is 0 Å². The van der Waals surface area contributed by atoms with E-state index in [0.29, 0.717) is 25.0 Å². The number of ether oxygens (including phenoxy) is 1. The van der Waals surface area contributed by atoms with Gasteiger partial charge in [0.15, 0.2) is 0 Å². The summed E-state index contributed by atoms with van der Waals surface area (Å²) in [7, 11) is 0. The molecule has 1 saturated heterocycles. The quantitative estimate of drug-likeness (QED) is 0.789. The fraction of sp³-hybridized carbons (Fsp3) is 0.692. The highest BCUT2D eigenvalue weighted by Gasteiger charge is 2.41. The third-order valence-electron chi connectivity index (χ3n) is 3.52. The highest BCUT2D eigenvalue weighted by molar-refractivity contribution is 7.09. The Morgan fingerprint density at radius 3 is 3.05 bits per heavy atom. The van der Waals surface area contributed by atoms with E-state index in [-0.39, 0.29) is 6.09 Å². The number of carbonyl (C=O) groups excluding carboxylic acids is 1. The second-order valence-corrected chi connectivity index (χ2v) is 7.08. The number of amides is 1. The molecule has 1 aromatic rings. The molecule has 2 atom stereocenters. The number of rotatable bonds is 0. The molecule has 19 heavy (non-hydrogen) atoms. The fourth-order valence-electron chi connectivity index (χ4n) is 2.70. The molecule has 0 radical (unpaired) electrons. The van der Waals surface area contributed by atoms with Gasteiger partial charge in [-0.25, -0.2) is 9.78 Å². The summed E-state index contributed by atoms with van der Waals surface area (Å²) in [5.74, 6) is 0.308. The Kier molecular flexibility index (Phi) is 3.02. The van der Waals surface area contributed by atoms with Crippen LogP contribution < -0.4 is 5.32 Å². The van der Waals surface area contributed by atoms with Gasteiger partial charge < -0.3 is 15.0 Å². The monoisotopic (exact) mass is 281 g/mol. The number of nitrogens with zero attached hydrogens (tertiary/aromatic N) is 2. The first-order valence-corrected chi connectivity index (χ1v) is 7.45. The van der Waals surface area contributed by atoms with E-state index in [1.807, 2.05) is 26.3 Å². The number of fused-ring (bicyclic) bond motifs is 3. The van der Waals surface area contributed by atoms with Crippen LogP contribution >= 0.6 is 11.3 Å². The van der Waals surface area contributed by atoms with Crippen LogP contribution in [-0.2, 0) is 11.3 Å². The van der Waals surface area contributed by atoms with Crippen molar-refractivity contribution >= 4 is 17.4 Å². The number of hydrogen-bond donors (Lipinski definition) is 1. The van der Waals surface area contributed by atoms with Gasteiger partial charge >= 0.3 is 6.09 Å². The minimum absolute atomic E-state index is 0.222. The normalized spacial score (nSPS) is 25.9. The van der Waals surface area contributed by atoms with Crippen molar-refractivity contribution in [1.82, 2.24) is 15.2 Å². The van der Waals surface area contributed by atoms with E-state index < -0.39 is 5.60 Å². The number of hydrogen-bond acceptors (Lipinski definition) is 5. The van der Waals surface area contributed by atoms with Crippen LogP contribution in [0.2, 0.25) is 0 Å². The number of likely N-dealkylation sites (tertiary alicyclic amines) is 1. The van der Waals surface area contributed by atoms with Crippen LogP contribution in [0.5, 0.6) is 0 Å². The lowest BCUT2D eigenvalue weighted by Gasteiger charge is -2.24. The fourth-order valence-corrected chi connectivity index (χ4v) is 3.49. The molecule has 1 N–H and O–H groups in total. The maximum Gasteiger partial charge on any atom is 0.410 e. The summed E-state index contributed by atoms with van der Waals surface area (Å²) in [6.45, 7) is 7.95. The SMILES string of the molecule is CC(C)(C)OC(=O)N1CC2NCc3scnc3C2C1. The maximum atomic E-state index is 12.1. The van der Waals surface area contributed by atoms with Gasteiger partial charge in [-0.05, 0) is 20.8 Å². The molecule has 1 aromatic heterocycles. The van der Waals surface area contributed by atoms with Gasteiger partial charge in [0.1, 0.15) is 5.60 Å². The zero-order valence-electron chi connectivity index (χ0n) is 11.5. The Hall–Kier alpha value is -1.14. The summed E-state index contributed by atoms with van der Waals surface area (Å²) in [6.07, 6.45) is -0.222. The van der Waals surface area contributed by atoms with Gasteiger partial charge in [-0.15, -0.1) is 11.3 Å². The van der Waals surface area contributed by atoms with E-state index in [9.17, 15) is 4.79 Å². The summed E-state index contributed by atoms with van der Waals surface area (Å²) >= 11 is 1.69. The molecule has 3 rings (SSSR count). The van der Waals surface area contributed by atoms with Gasteiger partial charge in [-0.1, -0.05) is 0 Å². The second kappa shape index (κ2) is 4.45. The van der Waals surface area contributed by atoms with E-state index in [1.54, 1.807) is 16.2 Å². The van der Waals surface area contributed by atoms with Crippen LogP contribution in [0.25, 0.3) is 0 Å². The Labute approximate surface area is 117 Å². The first-order valence-electron chi connectivity index (χ1n) is 6.57. The molecule has 3 heterocycles. The smallest absolute Gasteiger partial charge is 0.410 e. The van der Waals surface area contributed by atoms with Crippen molar-refractivity contribution in [2.24, 2.45) is 0 Å². The van der Waals surface area contributed by atoms with Gasteiger partial charge in [-0.3, -0.25) is 0 Å². The van der Waals surface area contributed by atoms with Gasteiger partial charge in [-0.2, -0.15) is 0 Å².